The summed E-state index contributed by atoms with van der Waals surface area (Å²) in [4.78, 5) is 23.9. The van der Waals surface area contributed by atoms with Crippen molar-refractivity contribution < 1.29 is 19.1 Å². The fourth-order valence-corrected chi connectivity index (χ4v) is 2.82. The van der Waals surface area contributed by atoms with E-state index in [1.54, 1.807) is 0 Å². The highest BCUT2D eigenvalue weighted by Crippen LogP contribution is 2.45. The predicted octanol–water partition coefficient (Wildman–Crippen LogP) is 2.88. The van der Waals surface area contributed by atoms with Crippen LogP contribution in [0.25, 0.3) is 0 Å². The molecule has 1 fully saturated rings. The van der Waals surface area contributed by atoms with Gasteiger partial charge in [-0.1, -0.05) is 13.8 Å². The third-order valence-electron chi connectivity index (χ3n) is 3.97. The van der Waals surface area contributed by atoms with Crippen molar-refractivity contribution in [2.24, 2.45) is 11.3 Å². The van der Waals surface area contributed by atoms with E-state index in [1.807, 2.05) is 34.6 Å². The van der Waals surface area contributed by atoms with Crippen molar-refractivity contribution in [2.75, 3.05) is 7.11 Å². The molecule has 1 aliphatic carbocycles. The first-order valence-corrected chi connectivity index (χ1v) is 7.18. The molecule has 1 aliphatic rings. The molecule has 5 nitrogen and oxygen atoms in total. The van der Waals surface area contributed by atoms with E-state index in [4.69, 9.17) is 9.47 Å². The van der Waals surface area contributed by atoms with Gasteiger partial charge >= 0.3 is 12.1 Å². The average molecular weight is 285 g/mol. The van der Waals surface area contributed by atoms with Crippen LogP contribution in [-0.2, 0) is 14.3 Å². The SMILES string of the molecule is COC(=O)[C@]1(C(C)C)CC[C@H](NC(=O)OC(C)(C)C)C1. The van der Waals surface area contributed by atoms with Crippen LogP contribution in [0.5, 0.6) is 0 Å². The van der Waals surface area contributed by atoms with E-state index in [0.29, 0.717) is 6.42 Å². The minimum atomic E-state index is -0.514. The second kappa shape index (κ2) is 6.02. The molecular formula is C15H27NO4. The lowest BCUT2D eigenvalue weighted by molar-refractivity contribution is -0.155. The molecule has 20 heavy (non-hydrogen) atoms. The second-order valence-electron chi connectivity index (χ2n) is 6.89. The number of amides is 1. The Hall–Kier alpha value is -1.26. The van der Waals surface area contributed by atoms with Crippen LogP contribution in [0.2, 0.25) is 0 Å². The van der Waals surface area contributed by atoms with Crippen LogP contribution in [0, 0.1) is 11.3 Å². The Balaban J connectivity index is 2.66. The molecule has 0 bridgehead atoms. The van der Waals surface area contributed by atoms with Gasteiger partial charge in [0.1, 0.15) is 5.60 Å². The number of hydrogen-bond acceptors (Lipinski definition) is 4. The first-order valence-electron chi connectivity index (χ1n) is 7.18. The quantitative estimate of drug-likeness (QED) is 0.810. The summed E-state index contributed by atoms with van der Waals surface area (Å²) < 4.78 is 10.2. The zero-order valence-electron chi connectivity index (χ0n) is 13.4. The van der Waals surface area contributed by atoms with Crippen molar-refractivity contribution in [3.8, 4) is 0 Å². The predicted molar refractivity (Wildman–Crippen MR) is 76.3 cm³/mol. The van der Waals surface area contributed by atoms with Crippen molar-refractivity contribution >= 4 is 12.1 Å². The summed E-state index contributed by atoms with van der Waals surface area (Å²) >= 11 is 0. The number of methoxy groups -OCH3 is 1. The first-order chi connectivity index (χ1) is 9.10. The Morgan fingerprint density at radius 3 is 2.35 bits per heavy atom. The topological polar surface area (TPSA) is 64.6 Å². The van der Waals surface area contributed by atoms with E-state index < -0.39 is 17.1 Å². The van der Waals surface area contributed by atoms with Crippen LogP contribution in [-0.4, -0.2) is 30.8 Å². The Bertz CT molecular complexity index is 373. The number of carbonyl (C=O) groups is 2. The average Bonchev–Trinajstić information content (AvgIpc) is 2.70. The van der Waals surface area contributed by atoms with Gasteiger partial charge in [-0.25, -0.2) is 4.79 Å². The largest absolute Gasteiger partial charge is 0.469 e. The minimum Gasteiger partial charge on any atom is -0.469 e. The van der Waals surface area contributed by atoms with Crippen LogP contribution in [0.4, 0.5) is 4.79 Å². The molecule has 116 valence electrons. The Labute approximate surface area is 121 Å². The Morgan fingerprint density at radius 2 is 1.90 bits per heavy atom. The normalized spacial score (nSPS) is 26.4. The Kier molecular flexibility index (Phi) is 5.05. The standard InChI is InChI=1S/C15H27NO4/c1-10(2)15(12(17)19-6)8-7-11(9-15)16-13(18)20-14(3,4)5/h10-11H,7-9H2,1-6H3,(H,16,18)/t11-,15+/m0/s1. The summed E-state index contributed by atoms with van der Waals surface area (Å²) in [6, 6.07) is -0.0358. The molecule has 0 saturated heterocycles. The van der Waals surface area contributed by atoms with Gasteiger partial charge in [0.05, 0.1) is 12.5 Å². The molecule has 1 amide bonds. The lowest BCUT2D eigenvalue weighted by atomic mass is 9.75. The van der Waals surface area contributed by atoms with Gasteiger partial charge in [0.25, 0.3) is 0 Å². The number of hydrogen-bond donors (Lipinski definition) is 1. The fourth-order valence-electron chi connectivity index (χ4n) is 2.82. The first kappa shape index (κ1) is 16.8. The van der Waals surface area contributed by atoms with E-state index in [2.05, 4.69) is 5.32 Å². The number of rotatable bonds is 3. The molecule has 0 unspecified atom stereocenters. The molecular weight excluding hydrogens is 258 g/mol. The maximum absolute atomic E-state index is 12.1. The molecule has 0 radical (unpaired) electrons. The van der Waals surface area contributed by atoms with Gasteiger partial charge in [-0.3, -0.25) is 4.79 Å². The maximum atomic E-state index is 12.1. The van der Waals surface area contributed by atoms with Gasteiger partial charge < -0.3 is 14.8 Å². The van der Waals surface area contributed by atoms with Crippen molar-refractivity contribution in [1.29, 1.82) is 0 Å². The smallest absolute Gasteiger partial charge is 0.407 e. The third kappa shape index (κ3) is 3.87. The highest BCUT2D eigenvalue weighted by Gasteiger charge is 2.49. The van der Waals surface area contributed by atoms with Crippen molar-refractivity contribution in [3.63, 3.8) is 0 Å². The van der Waals surface area contributed by atoms with E-state index in [0.717, 1.165) is 12.8 Å². The molecule has 5 heteroatoms. The highest BCUT2D eigenvalue weighted by molar-refractivity contribution is 5.78. The summed E-state index contributed by atoms with van der Waals surface area (Å²) in [5.41, 5.74) is -1.01. The molecule has 2 atom stereocenters. The fraction of sp³-hybridized carbons (Fsp3) is 0.867. The van der Waals surface area contributed by atoms with E-state index >= 15 is 0 Å². The van der Waals surface area contributed by atoms with Crippen LogP contribution in [0.1, 0.15) is 53.9 Å². The molecule has 1 saturated carbocycles. The molecule has 1 rings (SSSR count). The van der Waals surface area contributed by atoms with Gasteiger partial charge in [-0.05, 0) is 46.0 Å². The molecule has 0 aromatic heterocycles. The van der Waals surface area contributed by atoms with Crippen molar-refractivity contribution in [1.82, 2.24) is 5.32 Å². The van der Waals surface area contributed by atoms with Gasteiger partial charge in [0.15, 0.2) is 0 Å². The van der Waals surface area contributed by atoms with Gasteiger partial charge in [-0.2, -0.15) is 0 Å². The van der Waals surface area contributed by atoms with Crippen molar-refractivity contribution in [2.45, 2.75) is 65.5 Å². The Morgan fingerprint density at radius 1 is 1.30 bits per heavy atom. The number of ether oxygens (including phenoxy) is 2. The van der Waals surface area contributed by atoms with E-state index in [9.17, 15) is 9.59 Å². The summed E-state index contributed by atoms with van der Waals surface area (Å²) in [6.07, 6.45) is 1.69. The number of carbonyl (C=O) groups excluding carboxylic acids is 2. The molecule has 0 heterocycles. The third-order valence-corrected chi connectivity index (χ3v) is 3.97. The van der Waals surface area contributed by atoms with Crippen LogP contribution < -0.4 is 5.32 Å². The summed E-state index contributed by atoms with van der Waals surface area (Å²) in [5.74, 6) is 0.00127. The van der Waals surface area contributed by atoms with Gasteiger partial charge in [0, 0.05) is 6.04 Å². The maximum Gasteiger partial charge on any atom is 0.407 e. The summed E-state index contributed by atoms with van der Waals surface area (Å²) in [7, 11) is 1.42. The molecule has 0 aromatic carbocycles. The zero-order valence-corrected chi connectivity index (χ0v) is 13.4. The molecule has 0 aliphatic heterocycles. The van der Waals surface area contributed by atoms with Crippen LogP contribution in [0.3, 0.4) is 0 Å². The molecule has 0 aromatic rings. The van der Waals surface area contributed by atoms with Gasteiger partial charge in [-0.15, -0.1) is 0 Å². The lowest BCUT2D eigenvalue weighted by Crippen LogP contribution is -2.41. The van der Waals surface area contributed by atoms with E-state index in [-0.39, 0.29) is 17.9 Å². The number of esters is 1. The van der Waals surface area contributed by atoms with Crippen molar-refractivity contribution in [3.05, 3.63) is 0 Å². The number of nitrogens with one attached hydrogen (secondary N) is 1. The summed E-state index contributed by atoms with van der Waals surface area (Å²) in [6.45, 7) is 9.52. The lowest BCUT2D eigenvalue weighted by Gasteiger charge is -2.30. The van der Waals surface area contributed by atoms with Crippen LogP contribution >= 0.6 is 0 Å². The highest BCUT2D eigenvalue weighted by atomic mass is 16.6. The number of alkyl carbamates (subject to hydrolysis) is 1. The van der Waals surface area contributed by atoms with Gasteiger partial charge in [0.2, 0.25) is 0 Å². The molecule has 0 spiro atoms. The summed E-state index contributed by atoms with van der Waals surface area (Å²) in [5, 5.41) is 2.86. The second-order valence-corrected chi connectivity index (χ2v) is 6.89. The van der Waals surface area contributed by atoms with E-state index in [1.165, 1.54) is 7.11 Å². The van der Waals surface area contributed by atoms with Crippen LogP contribution in [0.15, 0.2) is 0 Å². The monoisotopic (exact) mass is 285 g/mol. The minimum absolute atomic E-state index is 0.0358. The zero-order chi connectivity index (χ0) is 15.6. The molecule has 1 N–H and O–H groups in total.